The van der Waals surface area contributed by atoms with Gasteiger partial charge in [0.1, 0.15) is 0 Å². The van der Waals surface area contributed by atoms with Gasteiger partial charge in [0.2, 0.25) is 0 Å². The molecule has 0 N–H and O–H groups in total. The van der Waals surface area contributed by atoms with Crippen molar-refractivity contribution in [2.24, 2.45) is 17.0 Å². The molecule has 0 aromatic rings. The van der Waals surface area contributed by atoms with E-state index in [1.54, 1.807) is 0 Å². The molecule has 0 aromatic heterocycles. The van der Waals surface area contributed by atoms with Crippen LogP contribution in [0.3, 0.4) is 0 Å². The van der Waals surface area contributed by atoms with E-state index in [1.165, 1.54) is 260 Å². The minimum Gasteiger partial charge on any atom is -0.373 e. The summed E-state index contributed by atoms with van der Waals surface area (Å²) in [5.74, 6) is 1.90. The van der Waals surface area contributed by atoms with Gasteiger partial charge in [-0.2, -0.15) is 0 Å². The topological polar surface area (TPSA) is 107 Å². The molecule has 328 valence electrons. The van der Waals surface area contributed by atoms with Gasteiger partial charge in [0.25, 0.3) is 0 Å². The van der Waals surface area contributed by atoms with Crippen molar-refractivity contribution in [3.8, 4) is 0 Å². The number of unbranched alkanes of at least 4 members (excludes halogenated alkanes) is 28. The van der Waals surface area contributed by atoms with E-state index in [9.17, 15) is 0 Å². The molecule has 0 spiro atoms. The number of azide groups is 1. The number of nitrogens with zero attached hydrogens (tertiary/aromatic N) is 6. The third-order valence-electron chi connectivity index (χ3n) is 11.5. The van der Waals surface area contributed by atoms with Crippen LogP contribution in [0.2, 0.25) is 0 Å². The number of halogens is 1. The zero-order valence-electron chi connectivity index (χ0n) is 38.9. The summed E-state index contributed by atoms with van der Waals surface area (Å²) in [7, 11) is 0. The Bertz CT molecular complexity index is 720. The second-order valence-corrected chi connectivity index (χ2v) is 17.9. The molecule has 0 aliphatic carbocycles. The maximum absolute atomic E-state index is 8.45. The van der Waals surface area contributed by atoms with Gasteiger partial charge in [0.15, 0.2) is 0 Å². The molecule has 0 bridgehead atoms. The van der Waals surface area contributed by atoms with Gasteiger partial charge in [-0.05, 0) is 41.1 Å². The molecular formula is C48H98IN6Na. The van der Waals surface area contributed by atoms with Gasteiger partial charge < -0.3 is 11.1 Å². The van der Waals surface area contributed by atoms with Gasteiger partial charge in [0.05, 0.1) is 0 Å². The molecule has 0 saturated heterocycles. The molecular weight excluding hydrogens is 810 g/mol. The monoisotopic (exact) mass is 909 g/mol. The summed E-state index contributed by atoms with van der Waals surface area (Å²) < 4.78 is 1.35. The predicted octanol–water partition coefficient (Wildman–Crippen LogP) is 17.5. The van der Waals surface area contributed by atoms with Crippen LogP contribution in [0.4, 0.5) is 0 Å². The summed E-state index contributed by atoms with van der Waals surface area (Å²) in [6.45, 7) is 9.87. The Morgan fingerprint density at radius 3 is 0.804 bits per heavy atom. The molecule has 0 aromatic carbocycles. The van der Waals surface area contributed by atoms with Crippen LogP contribution in [0.15, 0.2) is 5.11 Å². The number of hydrogen-bond donors (Lipinski definition) is 0. The summed E-state index contributed by atoms with van der Waals surface area (Å²) in [6, 6.07) is 0. The molecule has 0 radical (unpaired) electrons. The van der Waals surface area contributed by atoms with Crippen molar-refractivity contribution < 1.29 is 29.6 Å². The van der Waals surface area contributed by atoms with Crippen LogP contribution in [-0.2, 0) is 0 Å². The zero-order valence-corrected chi connectivity index (χ0v) is 43.1. The van der Waals surface area contributed by atoms with Gasteiger partial charge in [0, 0.05) is 11.5 Å². The van der Waals surface area contributed by atoms with Crippen LogP contribution in [0.5, 0.6) is 0 Å². The van der Waals surface area contributed by atoms with E-state index in [0.29, 0.717) is 6.54 Å². The fraction of sp³-hybridized carbons (Fsp3) is 1.00. The van der Waals surface area contributed by atoms with Crippen LogP contribution in [0.1, 0.15) is 285 Å². The quantitative estimate of drug-likeness (QED) is 0.0110. The summed E-state index contributed by atoms with van der Waals surface area (Å²) >= 11 is 2.55. The fourth-order valence-electron chi connectivity index (χ4n) is 7.99. The van der Waals surface area contributed by atoms with Gasteiger partial charge in [-0.3, -0.25) is 4.91 Å². The third-order valence-corrected chi connectivity index (χ3v) is 12.3. The Kier molecular flexibility index (Phi) is 69.7. The molecule has 8 heteroatoms. The number of hydrogen-bond acceptors (Lipinski definition) is 1. The van der Waals surface area contributed by atoms with Crippen molar-refractivity contribution in [3.63, 3.8) is 0 Å². The maximum Gasteiger partial charge on any atom is 1.00 e. The molecule has 0 aliphatic heterocycles. The Balaban J connectivity index is -0.000000444. The molecule has 0 atom stereocenters. The van der Waals surface area contributed by atoms with Crippen LogP contribution >= 0.6 is 22.6 Å². The van der Waals surface area contributed by atoms with Crippen molar-refractivity contribution in [2.45, 2.75) is 285 Å². The average Bonchev–Trinajstić information content (AvgIpc) is 3.19. The molecule has 0 amide bonds. The van der Waals surface area contributed by atoms with E-state index in [0.717, 1.165) is 18.3 Å². The largest absolute Gasteiger partial charge is 1.00 e. The van der Waals surface area contributed by atoms with Crippen molar-refractivity contribution in [1.29, 1.82) is 0 Å². The maximum atomic E-state index is 8.45. The van der Waals surface area contributed by atoms with Gasteiger partial charge in [-0.15, -0.1) is 0 Å². The van der Waals surface area contributed by atoms with Crippen LogP contribution in [0, 0.1) is 11.8 Å². The molecule has 6 nitrogen and oxygen atoms in total. The Hall–Kier alpha value is 0.350. The fourth-order valence-corrected chi connectivity index (χ4v) is 8.44. The zero-order chi connectivity index (χ0) is 41.0. The Morgan fingerprint density at radius 1 is 0.357 bits per heavy atom. The second kappa shape index (κ2) is 62.0. The summed E-state index contributed by atoms with van der Waals surface area (Å²) in [5, 5.41) is 3.71. The van der Waals surface area contributed by atoms with Crippen LogP contribution in [-0.4, -0.2) is 11.0 Å². The van der Waals surface area contributed by atoms with Gasteiger partial charge >= 0.3 is 29.6 Å². The third kappa shape index (κ3) is 61.0. The number of rotatable bonds is 43. The van der Waals surface area contributed by atoms with Crippen molar-refractivity contribution >= 4 is 22.6 Å². The standard InChI is InChI=1S/C24H49I.C24H49N3.N3.Na/c1-3-5-7-9-11-13-15-17-20-24(22-19-23-25)21-18-16-14-12-10-8-6-4-2;1-3-5-7-9-11-13-15-17-20-24(22-19-23-26-27-25)21-18-16-14-12-10-8-6-4-2;1-3-2;/h24H,3-23H2,1-2H3;24H,3-23H2,1-2H3;;/q;;-1;+1. The SMILES string of the molecule is CCCCCCCCCCC(CCCCCCCCCC)CCCN=[N+]=[N-].CCCCCCCCCCC(CCCI)CCCCCCCCCC.[N-]=[N+]=[N-].[Na+]. The van der Waals surface area contributed by atoms with E-state index >= 15 is 0 Å². The van der Waals surface area contributed by atoms with Crippen molar-refractivity contribution in [2.75, 3.05) is 11.0 Å². The first-order chi connectivity index (χ1) is 27.1. The minimum absolute atomic E-state index is 0. The summed E-state index contributed by atoms with van der Waals surface area (Å²) in [5.41, 5.74) is 21.9. The average molecular weight is 909 g/mol. The molecule has 0 saturated carbocycles. The van der Waals surface area contributed by atoms with Crippen molar-refractivity contribution in [3.05, 3.63) is 26.4 Å². The first-order valence-electron chi connectivity index (χ1n) is 24.7. The van der Waals surface area contributed by atoms with Gasteiger partial charge in [-0.1, -0.05) is 293 Å². The number of alkyl halides is 1. The predicted molar refractivity (Wildman–Crippen MR) is 257 cm³/mol. The van der Waals surface area contributed by atoms with Crippen LogP contribution < -0.4 is 29.6 Å². The molecule has 0 unspecified atom stereocenters. The first kappa shape index (κ1) is 63.0. The van der Waals surface area contributed by atoms with E-state index in [-0.39, 0.29) is 29.6 Å². The molecule has 0 heterocycles. The Labute approximate surface area is 388 Å². The smallest absolute Gasteiger partial charge is 0.373 e. The van der Waals surface area contributed by atoms with E-state index in [1.807, 2.05) is 0 Å². The molecule has 0 rings (SSSR count). The van der Waals surface area contributed by atoms with Gasteiger partial charge in [-0.25, -0.2) is 0 Å². The normalized spacial score (nSPS) is 10.6. The second-order valence-electron chi connectivity index (χ2n) is 16.8. The summed E-state index contributed by atoms with van der Waals surface area (Å²) in [6.07, 6.45) is 57.1. The molecule has 0 aliphatic rings. The molecule has 0 fully saturated rings. The Morgan fingerprint density at radius 2 is 0.571 bits per heavy atom. The van der Waals surface area contributed by atoms with Crippen LogP contribution in [0.25, 0.3) is 26.4 Å². The summed E-state index contributed by atoms with van der Waals surface area (Å²) in [4.78, 5) is 4.39. The van der Waals surface area contributed by atoms with E-state index < -0.39 is 0 Å². The minimum atomic E-state index is 0. The van der Waals surface area contributed by atoms with E-state index in [2.05, 4.69) is 60.3 Å². The first-order valence-corrected chi connectivity index (χ1v) is 26.2. The van der Waals surface area contributed by atoms with E-state index in [4.69, 9.17) is 16.6 Å². The van der Waals surface area contributed by atoms with Crippen molar-refractivity contribution in [1.82, 2.24) is 0 Å². The molecule has 56 heavy (non-hydrogen) atoms.